The first-order valence-electron chi connectivity index (χ1n) is 9.37. The predicted molar refractivity (Wildman–Crippen MR) is 109 cm³/mol. The number of rotatable bonds is 10. The molecule has 2 aromatic rings. The van der Waals surface area contributed by atoms with Crippen LogP contribution in [-0.4, -0.2) is 10.7 Å². The molecule has 0 spiro atoms. The van der Waals surface area contributed by atoms with Crippen LogP contribution in [0, 0.1) is 0 Å². The Balaban J connectivity index is 1.97. The summed E-state index contributed by atoms with van der Waals surface area (Å²) >= 11 is 0. The molecular formula is C24H30O. The lowest BCUT2D eigenvalue weighted by atomic mass is 9.88. The molecule has 0 unspecified atom stereocenters. The van der Waals surface area contributed by atoms with Crippen molar-refractivity contribution in [1.82, 2.24) is 0 Å². The molecule has 0 fully saturated rings. The average molecular weight is 335 g/mol. The third-order valence-electron chi connectivity index (χ3n) is 4.46. The van der Waals surface area contributed by atoms with Crippen LogP contribution >= 0.6 is 0 Å². The molecule has 0 radical (unpaired) electrons. The highest BCUT2D eigenvalue weighted by Crippen LogP contribution is 2.25. The fourth-order valence-corrected chi connectivity index (χ4v) is 2.95. The van der Waals surface area contributed by atoms with Crippen LogP contribution in [0.3, 0.4) is 0 Å². The molecule has 1 N–H and O–H groups in total. The Morgan fingerprint density at radius 1 is 0.760 bits per heavy atom. The van der Waals surface area contributed by atoms with Gasteiger partial charge >= 0.3 is 0 Å². The van der Waals surface area contributed by atoms with Gasteiger partial charge < -0.3 is 5.11 Å². The number of unbranched alkanes of at least 4 members (excludes halogenated alkanes) is 2. The maximum Gasteiger partial charge on any atom is 0.0716 e. The molecule has 0 aliphatic heterocycles. The average Bonchev–Trinajstić information content (AvgIpc) is 2.64. The Kier molecular flexibility index (Phi) is 8.21. The molecule has 0 saturated heterocycles. The molecular weight excluding hydrogens is 304 g/mol. The van der Waals surface area contributed by atoms with E-state index < -0.39 is 5.60 Å². The molecule has 132 valence electrons. The molecule has 0 aliphatic rings. The van der Waals surface area contributed by atoms with Crippen molar-refractivity contribution < 1.29 is 5.11 Å². The summed E-state index contributed by atoms with van der Waals surface area (Å²) in [7, 11) is 0. The van der Waals surface area contributed by atoms with E-state index in [-0.39, 0.29) is 0 Å². The quantitative estimate of drug-likeness (QED) is 0.491. The Morgan fingerprint density at radius 3 is 1.68 bits per heavy atom. The highest BCUT2D eigenvalue weighted by atomic mass is 16.3. The topological polar surface area (TPSA) is 20.2 Å². The van der Waals surface area contributed by atoms with Gasteiger partial charge in [-0.2, -0.15) is 0 Å². The van der Waals surface area contributed by atoms with Gasteiger partial charge in [-0.25, -0.2) is 0 Å². The Labute approximate surface area is 152 Å². The lowest BCUT2D eigenvalue weighted by Gasteiger charge is -2.26. The minimum absolute atomic E-state index is 0.661. The zero-order valence-corrected chi connectivity index (χ0v) is 15.3. The summed E-state index contributed by atoms with van der Waals surface area (Å²) in [4.78, 5) is 0. The lowest BCUT2D eigenvalue weighted by molar-refractivity contribution is 0.0350. The van der Waals surface area contributed by atoms with Crippen molar-refractivity contribution in [2.45, 2.75) is 51.0 Å². The maximum atomic E-state index is 11.1. The van der Waals surface area contributed by atoms with E-state index in [1.165, 1.54) is 24.0 Å². The summed E-state index contributed by atoms with van der Waals surface area (Å²) in [5.74, 6) is 0. The molecule has 0 atom stereocenters. The summed E-state index contributed by atoms with van der Waals surface area (Å²) < 4.78 is 0. The standard InChI is InChI=1S/C24H30O/c1-2-3-10-19-24(25,20-11-17-22-13-6-4-7-14-22)21-12-18-23-15-8-5-9-16-23/h4-9,11-18,25H,2-3,10,19-21H2,1H3/b17-11-,18-12-. The van der Waals surface area contributed by atoms with Crippen molar-refractivity contribution in [3.8, 4) is 0 Å². The summed E-state index contributed by atoms with van der Waals surface area (Å²) in [5.41, 5.74) is 1.70. The summed E-state index contributed by atoms with van der Waals surface area (Å²) in [6.07, 6.45) is 14.1. The second-order valence-electron chi connectivity index (χ2n) is 6.72. The van der Waals surface area contributed by atoms with Crippen molar-refractivity contribution in [3.05, 3.63) is 83.9 Å². The minimum Gasteiger partial charge on any atom is -0.389 e. The molecule has 0 aromatic heterocycles. The van der Waals surface area contributed by atoms with Crippen LogP contribution < -0.4 is 0 Å². The van der Waals surface area contributed by atoms with Crippen molar-refractivity contribution in [2.24, 2.45) is 0 Å². The number of aliphatic hydroxyl groups is 1. The third-order valence-corrected chi connectivity index (χ3v) is 4.46. The second kappa shape index (κ2) is 10.7. The number of hydrogen-bond donors (Lipinski definition) is 1. The van der Waals surface area contributed by atoms with E-state index in [2.05, 4.69) is 55.5 Å². The SMILES string of the molecule is CCCCCC(O)(C/C=C\c1ccccc1)C/C=C\c1ccccc1. The molecule has 0 heterocycles. The summed E-state index contributed by atoms with van der Waals surface area (Å²) in [5, 5.41) is 11.1. The van der Waals surface area contributed by atoms with Crippen molar-refractivity contribution in [3.63, 3.8) is 0 Å². The fourth-order valence-electron chi connectivity index (χ4n) is 2.95. The van der Waals surface area contributed by atoms with Gasteiger partial charge in [0.15, 0.2) is 0 Å². The van der Waals surface area contributed by atoms with Crippen molar-refractivity contribution >= 4 is 12.2 Å². The van der Waals surface area contributed by atoms with Crippen LogP contribution in [0.2, 0.25) is 0 Å². The molecule has 0 aliphatic carbocycles. The normalized spacial score (nSPS) is 12.2. The zero-order valence-electron chi connectivity index (χ0n) is 15.3. The van der Waals surface area contributed by atoms with Gasteiger partial charge in [-0.05, 0) is 30.4 Å². The first kappa shape index (κ1) is 19.2. The highest BCUT2D eigenvalue weighted by molar-refractivity contribution is 5.50. The van der Waals surface area contributed by atoms with Crippen LogP contribution in [0.1, 0.15) is 56.6 Å². The maximum absolute atomic E-state index is 11.1. The van der Waals surface area contributed by atoms with E-state index >= 15 is 0 Å². The van der Waals surface area contributed by atoms with Crippen LogP contribution in [0.25, 0.3) is 12.2 Å². The van der Waals surface area contributed by atoms with Gasteiger partial charge in [0.25, 0.3) is 0 Å². The minimum atomic E-state index is -0.661. The van der Waals surface area contributed by atoms with Gasteiger partial charge in [0.1, 0.15) is 0 Å². The highest BCUT2D eigenvalue weighted by Gasteiger charge is 2.23. The van der Waals surface area contributed by atoms with Gasteiger partial charge in [-0.1, -0.05) is 111 Å². The van der Waals surface area contributed by atoms with Gasteiger partial charge in [0.2, 0.25) is 0 Å². The molecule has 25 heavy (non-hydrogen) atoms. The lowest BCUT2D eigenvalue weighted by Crippen LogP contribution is -2.27. The van der Waals surface area contributed by atoms with E-state index in [1.807, 2.05) is 36.4 Å². The third kappa shape index (κ3) is 7.53. The Hall–Kier alpha value is -2.12. The molecule has 0 amide bonds. The van der Waals surface area contributed by atoms with Crippen LogP contribution in [-0.2, 0) is 0 Å². The number of hydrogen-bond acceptors (Lipinski definition) is 1. The summed E-state index contributed by atoms with van der Waals surface area (Å²) in [6.45, 7) is 2.20. The van der Waals surface area contributed by atoms with Crippen molar-refractivity contribution in [2.75, 3.05) is 0 Å². The van der Waals surface area contributed by atoms with Gasteiger partial charge in [-0.15, -0.1) is 0 Å². The molecule has 0 bridgehead atoms. The van der Waals surface area contributed by atoms with E-state index in [9.17, 15) is 5.11 Å². The first-order chi connectivity index (χ1) is 12.2. The van der Waals surface area contributed by atoms with Gasteiger partial charge in [0.05, 0.1) is 5.60 Å². The molecule has 2 aromatic carbocycles. The molecule has 1 heteroatoms. The van der Waals surface area contributed by atoms with E-state index in [0.717, 1.165) is 12.8 Å². The summed E-state index contributed by atoms with van der Waals surface area (Å²) in [6, 6.07) is 20.5. The van der Waals surface area contributed by atoms with Crippen molar-refractivity contribution in [1.29, 1.82) is 0 Å². The monoisotopic (exact) mass is 334 g/mol. The fraction of sp³-hybridized carbons (Fsp3) is 0.333. The van der Waals surface area contributed by atoms with E-state index in [1.54, 1.807) is 0 Å². The first-order valence-corrected chi connectivity index (χ1v) is 9.37. The van der Waals surface area contributed by atoms with Crippen LogP contribution in [0.4, 0.5) is 0 Å². The van der Waals surface area contributed by atoms with Gasteiger partial charge in [0, 0.05) is 0 Å². The predicted octanol–water partition coefficient (Wildman–Crippen LogP) is 6.50. The molecule has 2 rings (SSSR count). The van der Waals surface area contributed by atoms with Crippen LogP contribution in [0.15, 0.2) is 72.8 Å². The van der Waals surface area contributed by atoms with Crippen LogP contribution in [0.5, 0.6) is 0 Å². The molecule has 0 saturated carbocycles. The largest absolute Gasteiger partial charge is 0.389 e. The second-order valence-corrected chi connectivity index (χ2v) is 6.72. The smallest absolute Gasteiger partial charge is 0.0716 e. The Morgan fingerprint density at radius 2 is 1.24 bits per heavy atom. The van der Waals surface area contributed by atoms with Gasteiger partial charge in [-0.3, -0.25) is 0 Å². The van der Waals surface area contributed by atoms with E-state index in [0.29, 0.717) is 12.8 Å². The van der Waals surface area contributed by atoms with E-state index in [4.69, 9.17) is 0 Å². The zero-order chi connectivity index (χ0) is 17.8. The number of benzene rings is 2. The Bertz CT molecular complexity index is 589. The molecule has 1 nitrogen and oxygen atoms in total.